The third-order valence-corrected chi connectivity index (χ3v) is 3.67. The van der Waals surface area contributed by atoms with Gasteiger partial charge in [-0.15, -0.1) is 0 Å². The number of thiocarbonyl (C=S) groups is 1. The summed E-state index contributed by atoms with van der Waals surface area (Å²) in [6, 6.07) is 12.8. The smallest absolute Gasteiger partial charge is 0.270 e. The van der Waals surface area contributed by atoms with Crippen LogP contribution in [-0.4, -0.2) is 21.9 Å². The first-order chi connectivity index (χ1) is 13.4. The van der Waals surface area contributed by atoms with Crippen LogP contribution in [0.2, 0.25) is 0 Å². The number of non-ortho nitro benzene ring substituents is 1. The molecule has 0 aliphatic heterocycles. The highest BCUT2D eigenvalue weighted by Crippen LogP contribution is 2.16. The predicted octanol–water partition coefficient (Wildman–Crippen LogP) is 3.47. The zero-order valence-corrected chi connectivity index (χ0v) is 15.8. The van der Waals surface area contributed by atoms with Crippen molar-refractivity contribution in [1.29, 1.82) is 0 Å². The lowest BCUT2D eigenvalue weighted by Gasteiger charge is -2.10. The molecule has 2 aromatic rings. The van der Waals surface area contributed by atoms with E-state index in [1.54, 1.807) is 37.3 Å². The fourth-order valence-electron chi connectivity index (χ4n) is 2.15. The van der Waals surface area contributed by atoms with Crippen molar-refractivity contribution in [3.05, 3.63) is 70.3 Å². The Morgan fingerprint density at radius 3 is 2.46 bits per heavy atom. The lowest BCUT2D eigenvalue weighted by atomic mass is 10.2. The van der Waals surface area contributed by atoms with E-state index in [-0.39, 0.29) is 16.7 Å². The van der Waals surface area contributed by atoms with Gasteiger partial charge in [0.25, 0.3) is 5.69 Å². The number of nitro groups is 1. The summed E-state index contributed by atoms with van der Waals surface area (Å²) >= 11 is 5.10. The van der Waals surface area contributed by atoms with Gasteiger partial charge in [-0.3, -0.25) is 25.0 Å². The second-order valence-electron chi connectivity index (χ2n) is 5.61. The quantitative estimate of drug-likeness (QED) is 0.297. The lowest BCUT2D eigenvalue weighted by molar-refractivity contribution is -0.384. The van der Waals surface area contributed by atoms with Gasteiger partial charge in [0.15, 0.2) is 5.11 Å². The van der Waals surface area contributed by atoms with Crippen molar-refractivity contribution in [2.24, 2.45) is 0 Å². The zero-order chi connectivity index (χ0) is 20.5. The molecule has 0 aromatic heterocycles. The van der Waals surface area contributed by atoms with Gasteiger partial charge in [-0.1, -0.05) is 25.1 Å². The monoisotopic (exact) mass is 398 g/mol. The van der Waals surface area contributed by atoms with Crippen LogP contribution in [0.4, 0.5) is 17.1 Å². The zero-order valence-electron chi connectivity index (χ0n) is 15.0. The molecule has 0 saturated carbocycles. The van der Waals surface area contributed by atoms with Crippen molar-refractivity contribution in [3.63, 3.8) is 0 Å². The van der Waals surface area contributed by atoms with Gasteiger partial charge in [-0.2, -0.15) is 0 Å². The molecule has 3 N–H and O–H groups in total. The maximum Gasteiger partial charge on any atom is 0.270 e. The minimum Gasteiger partial charge on any atom is -0.332 e. The Labute approximate surface area is 166 Å². The fourth-order valence-corrected chi connectivity index (χ4v) is 2.37. The van der Waals surface area contributed by atoms with Gasteiger partial charge in [0.2, 0.25) is 11.8 Å². The molecule has 144 valence electrons. The summed E-state index contributed by atoms with van der Waals surface area (Å²) < 4.78 is 0. The highest BCUT2D eigenvalue weighted by molar-refractivity contribution is 7.80. The first-order valence-corrected chi connectivity index (χ1v) is 8.72. The third kappa shape index (κ3) is 6.61. The van der Waals surface area contributed by atoms with Gasteiger partial charge in [0.05, 0.1) is 4.92 Å². The van der Waals surface area contributed by atoms with Gasteiger partial charge >= 0.3 is 0 Å². The van der Waals surface area contributed by atoms with Crippen LogP contribution >= 0.6 is 12.2 Å². The van der Waals surface area contributed by atoms with Crippen molar-refractivity contribution >= 4 is 52.3 Å². The minimum atomic E-state index is -0.506. The van der Waals surface area contributed by atoms with E-state index in [0.717, 1.165) is 0 Å². The number of rotatable bonds is 6. The SMILES string of the molecule is CCC(=O)Nc1cccc(NC(=S)NC(=O)/C=C/c2cccc([N+](=O)[O-])c2)c1. The molecule has 0 fully saturated rings. The standard InChI is InChI=1S/C19H18N4O4S/c1-2-17(24)20-14-6-4-7-15(12-14)21-19(28)22-18(25)10-9-13-5-3-8-16(11-13)23(26)27/h3-12H,2H2,1H3,(H,20,24)(H2,21,22,25,28)/b10-9+. The van der Waals surface area contributed by atoms with Crippen LogP contribution in [0.1, 0.15) is 18.9 Å². The van der Waals surface area contributed by atoms with E-state index in [4.69, 9.17) is 12.2 Å². The van der Waals surface area contributed by atoms with Gasteiger partial charge in [-0.05, 0) is 42.1 Å². The summed E-state index contributed by atoms with van der Waals surface area (Å²) in [5, 5.41) is 18.9. The second kappa shape index (κ2) is 9.93. The first-order valence-electron chi connectivity index (χ1n) is 8.32. The number of amides is 2. The largest absolute Gasteiger partial charge is 0.332 e. The van der Waals surface area contributed by atoms with Gasteiger partial charge in [0.1, 0.15) is 0 Å². The summed E-state index contributed by atoms with van der Waals surface area (Å²) in [4.78, 5) is 33.7. The van der Waals surface area contributed by atoms with Crippen LogP contribution in [-0.2, 0) is 9.59 Å². The highest BCUT2D eigenvalue weighted by atomic mass is 32.1. The molecule has 2 rings (SSSR count). The molecule has 0 unspecified atom stereocenters. The fraction of sp³-hybridized carbons (Fsp3) is 0.105. The van der Waals surface area contributed by atoms with E-state index in [1.807, 2.05) is 0 Å². The predicted molar refractivity (Wildman–Crippen MR) is 112 cm³/mol. The van der Waals surface area contributed by atoms with E-state index >= 15 is 0 Å². The average Bonchev–Trinajstić information content (AvgIpc) is 2.66. The highest BCUT2D eigenvalue weighted by Gasteiger charge is 2.06. The van der Waals surface area contributed by atoms with E-state index in [9.17, 15) is 19.7 Å². The third-order valence-electron chi connectivity index (χ3n) is 3.47. The molecule has 8 nitrogen and oxygen atoms in total. The van der Waals surface area contributed by atoms with E-state index in [2.05, 4.69) is 16.0 Å². The summed E-state index contributed by atoms with van der Waals surface area (Å²) in [6.07, 6.45) is 3.04. The molecule has 0 aliphatic rings. The molecule has 0 radical (unpaired) electrons. The van der Waals surface area contributed by atoms with Gasteiger partial charge in [-0.25, -0.2) is 0 Å². The number of nitrogens with zero attached hydrogens (tertiary/aromatic N) is 1. The number of nitrogens with one attached hydrogen (secondary N) is 3. The molecule has 2 aromatic carbocycles. The van der Waals surface area contributed by atoms with Crippen molar-refractivity contribution < 1.29 is 14.5 Å². The van der Waals surface area contributed by atoms with Crippen molar-refractivity contribution in [2.45, 2.75) is 13.3 Å². The Morgan fingerprint density at radius 1 is 1.11 bits per heavy atom. The topological polar surface area (TPSA) is 113 Å². The number of hydrogen-bond acceptors (Lipinski definition) is 5. The average molecular weight is 398 g/mol. The van der Waals surface area contributed by atoms with Crippen LogP contribution in [0.3, 0.4) is 0 Å². The lowest BCUT2D eigenvalue weighted by Crippen LogP contribution is -2.32. The maximum atomic E-state index is 12.0. The molecule has 0 bridgehead atoms. The Hall–Kier alpha value is -3.59. The molecule has 0 heterocycles. The molecule has 9 heteroatoms. The Balaban J connectivity index is 1.93. The summed E-state index contributed by atoms with van der Waals surface area (Å²) in [5.41, 5.74) is 1.66. The van der Waals surface area contributed by atoms with Gasteiger partial charge < -0.3 is 10.6 Å². The Kier molecular flexibility index (Phi) is 7.35. The molecule has 2 amide bonds. The number of nitro benzene ring substituents is 1. The summed E-state index contributed by atoms with van der Waals surface area (Å²) in [5.74, 6) is -0.598. The van der Waals surface area contributed by atoms with E-state index < -0.39 is 10.8 Å². The van der Waals surface area contributed by atoms with Crippen LogP contribution in [0.25, 0.3) is 6.08 Å². The summed E-state index contributed by atoms with van der Waals surface area (Å²) in [6.45, 7) is 1.75. The molecule has 0 saturated heterocycles. The maximum absolute atomic E-state index is 12.0. The van der Waals surface area contributed by atoms with Crippen LogP contribution in [0.5, 0.6) is 0 Å². The number of carbonyl (C=O) groups is 2. The summed E-state index contributed by atoms with van der Waals surface area (Å²) in [7, 11) is 0. The van der Waals surface area contributed by atoms with Gasteiger partial charge in [0, 0.05) is 36.0 Å². The molecular weight excluding hydrogens is 380 g/mol. The number of hydrogen-bond donors (Lipinski definition) is 3. The van der Waals surface area contributed by atoms with Crippen LogP contribution in [0, 0.1) is 10.1 Å². The van der Waals surface area contributed by atoms with Crippen molar-refractivity contribution in [1.82, 2.24) is 5.32 Å². The van der Waals surface area contributed by atoms with Crippen molar-refractivity contribution in [2.75, 3.05) is 10.6 Å². The van der Waals surface area contributed by atoms with Crippen molar-refractivity contribution in [3.8, 4) is 0 Å². The minimum absolute atomic E-state index is 0.0604. The normalized spacial score (nSPS) is 10.3. The number of anilines is 2. The number of carbonyl (C=O) groups excluding carboxylic acids is 2. The number of benzene rings is 2. The Bertz CT molecular complexity index is 943. The molecular formula is C19H18N4O4S. The second-order valence-corrected chi connectivity index (χ2v) is 6.02. The molecule has 28 heavy (non-hydrogen) atoms. The molecule has 0 aliphatic carbocycles. The van der Waals surface area contributed by atoms with E-state index in [0.29, 0.717) is 23.4 Å². The Morgan fingerprint density at radius 2 is 1.79 bits per heavy atom. The molecule has 0 spiro atoms. The van der Waals surface area contributed by atoms with Crippen LogP contribution < -0.4 is 16.0 Å². The molecule has 0 atom stereocenters. The van der Waals surface area contributed by atoms with E-state index in [1.165, 1.54) is 30.4 Å². The first kappa shape index (κ1) is 20.7. The van der Waals surface area contributed by atoms with Crippen LogP contribution in [0.15, 0.2) is 54.6 Å².